The Morgan fingerprint density at radius 2 is 1.56 bits per heavy atom. The van der Waals surface area contributed by atoms with Crippen molar-refractivity contribution in [2.24, 2.45) is 5.73 Å². The highest BCUT2D eigenvalue weighted by molar-refractivity contribution is 8.93. The minimum absolute atomic E-state index is 0. The van der Waals surface area contributed by atoms with Crippen LogP contribution < -0.4 is 20.5 Å². The monoisotopic (exact) mass is 620 g/mol. The van der Waals surface area contributed by atoms with Gasteiger partial charge in [-0.2, -0.15) is 0 Å². The van der Waals surface area contributed by atoms with Crippen molar-refractivity contribution >= 4 is 40.6 Å². The zero-order chi connectivity index (χ0) is 27.3. The number of unbranched alkanes of at least 4 members (excludes halogenated alkanes) is 1. The number of methoxy groups -OCH3 is 3. The highest BCUT2D eigenvalue weighted by Crippen LogP contribution is 2.34. The van der Waals surface area contributed by atoms with Crippen molar-refractivity contribution in [1.82, 2.24) is 15.3 Å². The number of halogens is 1. The van der Waals surface area contributed by atoms with Crippen molar-refractivity contribution in [3.8, 4) is 34.0 Å². The summed E-state index contributed by atoms with van der Waals surface area (Å²) >= 11 is 1.55. The van der Waals surface area contributed by atoms with Gasteiger partial charge < -0.3 is 30.2 Å². The van der Waals surface area contributed by atoms with Gasteiger partial charge in [-0.25, -0.2) is 9.78 Å². The van der Waals surface area contributed by atoms with E-state index in [9.17, 15) is 9.59 Å². The van der Waals surface area contributed by atoms with Gasteiger partial charge in [0, 0.05) is 23.3 Å². The fraction of sp³-hybridized carbons (Fsp3) is 0.393. The van der Waals surface area contributed by atoms with Gasteiger partial charge in [-0.3, -0.25) is 4.79 Å². The van der Waals surface area contributed by atoms with Gasteiger partial charge in [-0.05, 0) is 80.8 Å². The Bertz CT molecular complexity index is 1110. The van der Waals surface area contributed by atoms with E-state index in [1.165, 1.54) is 7.11 Å². The molecule has 0 radical (unpaired) electrons. The molecule has 9 nitrogen and oxygen atoms in total. The van der Waals surface area contributed by atoms with Crippen LogP contribution in [0.4, 0.5) is 0 Å². The van der Waals surface area contributed by atoms with Crippen LogP contribution in [0.15, 0.2) is 53.7 Å². The molecule has 0 aliphatic carbocycles. The molecule has 1 aromatic heterocycles. The Kier molecular flexibility index (Phi) is 13.9. The molecule has 3 aromatic rings. The molecule has 0 bridgehead atoms. The van der Waals surface area contributed by atoms with E-state index in [1.807, 2.05) is 48.5 Å². The molecule has 0 spiro atoms. The first-order valence-corrected chi connectivity index (χ1v) is 13.6. The Balaban J connectivity index is 0.00000533. The summed E-state index contributed by atoms with van der Waals surface area (Å²) in [7, 11) is 4.60. The summed E-state index contributed by atoms with van der Waals surface area (Å²) in [6.07, 6.45) is 2.98. The number of aromatic amines is 1. The summed E-state index contributed by atoms with van der Waals surface area (Å²) in [5.41, 5.74) is 9.21. The molecule has 4 N–H and O–H groups in total. The molecule has 1 atom stereocenters. The van der Waals surface area contributed by atoms with E-state index in [0.717, 1.165) is 52.0 Å². The SMILES string of the molecule is Br.COC(=O)[C@H](CCCCN)NC(=O)CCCSc1nc(-c2ccc(OC)cc2)c(-c2ccc(OC)cc2)[nH]1. The highest BCUT2D eigenvalue weighted by Gasteiger charge is 2.21. The molecule has 212 valence electrons. The standard InChI is InChI=1S/C28H36N4O5S.BrH/c1-35-21-13-9-19(10-14-21)25-26(20-11-15-22(36-2)16-12-20)32-28(31-25)38-18-6-8-24(33)30-23(27(34)37-3)7-4-5-17-29;/h9-16,23H,4-8,17-18,29H2,1-3H3,(H,30,33)(H,31,32);1H/t23-;/m0./s1. The molecule has 3 rings (SSSR count). The number of aromatic nitrogens is 2. The molecule has 0 unspecified atom stereocenters. The lowest BCUT2D eigenvalue weighted by molar-refractivity contribution is -0.145. The van der Waals surface area contributed by atoms with Crippen LogP contribution in [0.25, 0.3) is 22.5 Å². The maximum atomic E-state index is 12.5. The molecule has 2 aromatic carbocycles. The predicted molar refractivity (Wildman–Crippen MR) is 160 cm³/mol. The number of thioether (sulfide) groups is 1. The second kappa shape index (κ2) is 16.8. The number of nitrogens with one attached hydrogen (secondary N) is 2. The van der Waals surface area contributed by atoms with Crippen LogP contribution in [0.1, 0.15) is 32.1 Å². The van der Waals surface area contributed by atoms with E-state index in [0.29, 0.717) is 31.6 Å². The van der Waals surface area contributed by atoms with Crippen LogP contribution in [-0.2, 0) is 14.3 Å². The lowest BCUT2D eigenvalue weighted by Crippen LogP contribution is -2.41. The summed E-state index contributed by atoms with van der Waals surface area (Å²) in [5.74, 6) is 1.63. The van der Waals surface area contributed by atoms with Crippen molar-refractivity contribution in [3.63, 3.8) is 0 Å². The number of esters is 1. The molecule has 1 heterocycles. The minimum Gasteiger partial charge on any atom is -0.497 e. The second-order valence-electron chi connectivity index (χ2n) is 8.60. The number of carbonyl (C=O) groups excluding carboxylic acids is 2. The van der Waals surface area contributed by atoms with Gasteiger partial charge in [0.05, 0.1) is 32.7 Å². The van der Waals surface area contributed by atoms with E-state index in [-0.39, 0.29) is 22.9 Å². The summed E-state index contributed by atoms with van der Waals surface area (Å²) in [5, 5.41) is 3.55. The fourth-order valence-corrected chi connectivity index (χ4v) is 4.71. The maximum Gasteiger partial charge on any atom is 0.328 e. The van der Waals surface area contributed by atoms with Crippen LogP contribution in [0, 0.1) is 0 Å². The van der Waals surface area contributed by atoms with Crippen molar-refractivity contribution in [2.45, 2.75) is 43.3 Å². The molecule has 0 fully saturated rings. The lowest BCUT2D eigenvalue weighted by atomic mass is 10.0. The predicted octanol–water partition coefficient (Wildman–Crippen LogP) is 5.00. The van der Waals surface area contributed by atoms with E-state index < -0.39 is 12.0 Å². The number of hydrogen-bond donors (Lipinski definition) is 3. The summed E-state index contributed by atoms with van der Waals surface area (Å²) in [6.45, 7) is 0.548. The number of benzene rings is 2. The molecule has 39 heavy (non-hydrogen) atoms. The van der Waals surface area contributed by atoms with Crippen molar-refractivity contribution in [3.05, 3.63) is 48.5 Å². The lowest BCUT2D eigenvalue weighted by Gasteiger charge is -2.16. The molecule has 0 saturated heterocycles. The van der Waals surface area contributed by atoms with E-state index >= 15 is 0 Å². The zero-order valence-electron chi connectivity index (χ0n) is 22.5. The first kappa shape index (κ1) is 32.2. The number of H-pyrrole nitrogens is 1. The van der Waals surface area contributed by atoms with Crippen molar-refractivity contribution in [2.75, 3.05) is 33.6 Å². The number of hydrogen-bond acceptors (Lipinski definition) is 8. The van der Waals surface area contributed by atoms with Crippen LogP contribution >= 0.6 is 28.7 Å². The van der Waals surface area contributed by atoms with Crippen LogP contribution in [0.2, 0.25) is 0 Å². The Morgan fingerprint density at radius 1 is 0.949 bits per heavy atom. The van der Waals surface area contributed by atoms with Gasteiger partial charge in [-0.15, -0.1) is 17.0 Å². The normalized spacial score (nSPS) is 11.3. The van der Waals surface area contributed by atoms with Gasteiger partial charge in [0.15, 0.2) is 5.16 Å². The summed E-state index contributed by atoms with van der Waals surface area (Å²) in [6, 6.07) is 14.9. The number of nitrogens with two attached hydrogens (primary N) is 1. The largest absolute Gasteiger partial charge is 0.497 e. The number of ether oxygens (including phenoxy) is 3. The van der Waals surface area contributed by atoms with Crippen LogP contribution in [-0.4, -0.2) is 61.5 Å². The average molecular weight is 622 g/mol. The topological polar surface area (TPSA) is 129 Å². The number of rotatable bonds is 15. The quantitative estimate of drug-likeness (QED) is 0.123. The van der Waals surface area contributed by atoms with Crippen LogP contribution in [0.5, 0.6) is 11.5 Å². The number of carbonyl (C=O) groups is 2. The van der Waals surface area contributed by atoms with Crippen LogP contribution in [0.3, 0.4) is 0 Å². The molecular weight excluding hydrogens is 584 g/mol. The molecular formula is C28H37BrN4O5S. The Labute approximate surface area is 244 Å². The van der Waals surface area contributed by atoms with E-state index in [1.54, 1.807) is 26.0 Å². The maximum absolute atomic E-state index is 12.5. The Hall–Kier alpha value is -3.02. The summed E-state index contributed by atoms with van der Waals surface area (Å²) in [4.78, 5) is 32.8. The third-order valence-corrected chi connectivity index (χ3v) is 6.94. The van der Waals surface area contributed by atoms with Gasteiger partial charge in [0.1, 0.15) is 17.5 Å². The van der Waals surface area contributed by atoms with Gasteiger partial charge in [0.2, 0.25) is 5.91 Å². The summed E-state index contributed by atoms with van der Waals surface area (Å²) < 4.78 is 15.4. The molecule has 0 saturated carbocycles. The zero-order valence-corrected chi connectivity index (χ0v) is 25.1. The second-order valence-corrected chi connectivity index (χ2v) is 9.69. The molecule has 0 aliphatic rings. The number of nitrogens with zero attached hydrogens (tertiary/aromatic N) is 1. The van der Waals surface area contributed by atoms with Gasteiger partial charge in [0.25, 0.3) is 0 Å². The fourth-order valence-electron chi connectivity index (χ4n) is 3.90. The minimum atomic E-state index is -0.643. The average Bonchev–Trinajstić information content (AvgIpc) is 3.38. The van der Waals surface area contributed by atoms with Gasteiger partial charge in [-0.1, -0.05) is 11.8 Å². The van der Waals surface area contributed by atoms with Gasteiger partial charge >= 0.3 is 5.97 Å². The smallest absolute Gasteiger partial charge is 0.328 e. The first-order chi connectivity index (χ1) is 18.5. The number of amides is 1. The molecule has 11 heteroatoms. The Morgan fingerprint density at radius 3 is 2.13 bits per heavy atom. The van der Waals surface area contributed by atoms with E-state index in [4.69, 9.17) is 24.9 Å². The van der Waals surface area contributed by atoms with Crippen molar-refractivity contribution < 1.29 is 23.8 Å². The first-order valence-electron chi connectivity index (χ1n) is 12.6. The third-order valence-electron chi connectivity index (χ3n) is 5.98. The van der Waals surface area contributed by atoms with Crippen molar-refractivity contribution in [1.29, 1.82) is 0 Å². The highest BCUT2D eigenvalue weighted by atomic mass is 79.9. The third kappa shape index (κ3) is 9.59. The van der Waals surface area contributed by atoms with E-state index in [2.05, 4.69) is 10.3 Å². The molecule has 0 aliphatic heterocycles. The number of imidazole rings is 1. The molecule has 1 amide bonds.